The Balaban J connectivity index is 1.89. The Bertz CT molecular complexity index is 267. The largest absolute Gasteiger partial charge is 0.481 e. The number of nitrogens with one attached hydrogen (secondary N) is 1. The van der Waals surface area contributed by atoms with Gasteiger partial charge in [-0.1, -0.05) is 0 Å². The number of aliphatic carboxylic acids is 1. The first-order valence-electron chi connectivity index (χ1n) is 6.24. The highest BCUT2D eigenvalue weighted by Gasteiger charge is 2.50. The van der Waals surface area contributed by atoms with Crippen molar-refractivity contribution in [1.29, 1.82) is 0 Å². The maximum Gasteiger partial charge on any atom is 0.308 e. The van der Waals surface area contributed by atoms with E-state index in [0.29, 0.717) is 18.3 Å². The highest BCUT2D eigenvalue weighted by molar-refractivity contribution is 5.72. The summed E-state index contributed by atoms with van der Waals surface area (Å²) in [7, 11) is 0. The number of carboxylic acid groups (broad SMARTS) is 1. The van der Waals surface area contributed by atoms with E-state index in [0.717, 1.165) is 19.4 Å². The van der Waals surface area contributed by atoms with Gasteiger partial charge < -0.3 is 15.5 Å². The summed E-state index contributed by atoms with van der Waals surface area (Å²) in [5.41, 5.74) is 0. The molecule has 0 aromatic heterocycles. The Morgan fingerprint density at radius 1 is 1.44 bits per heavy atom. The van der Waals surface area contributed by atoms with Crippen LogP contribution in [0.15, 0.2) is 0 Å². The second-order valence-electron chi connectivity index (χ2n) is 5.31. The standard InChI is InChI=1S/C12H21NO3/c1-7(14)4-5-13-11-9-3-2-8(6-9)10(11)12(15)16/h7-11,13-14H,2-6H2,1H3,(H,15,16). The minimum Gasteiger partial charge on any atom is -0.481 e. The number of hydrogen-bond acceptors (Lipinski definition) is 3. The van der Waals surface area contributed by atoms with Crippen molar-refractivity contribution in [1.82, 2.24) is 5.32 Å². The van der Waals surface area contributed by atoms with E-state index in [1.807, 2.05) is 0 Å². The number of rotatable bonds is 5. The van der Waals surface area contributed by atoms with E-state index in [9.17, 15) is 15.0 Å². The molecule has 2 saturated carbocycles. The van der Waals surface area contributed by atoms with Gasteiger partial charge in [0, 0.05) is 6.04 Å². The smallest absolute Gasteiger partial charge is 0.308 e. The highest BCUT2D eigenvalue weighted by atomic mass is 16.4. The quantitative estimate of drug-likeness (QED) is 0.651. The molecular weight excluding hydrogens is 206 g/mol. The Morgan fingerprint density at radius 3 is 2.75 bits per heavy atom. The summed E-state index contributed by atoms with van der Waals surface area (Å²) < 4.78 is 0. The zero-order valence-electron chi connectivity index (χ0n) is 9.72. The molecule has 0 radical (unpaired) electrons. The van der Waals surface area contributed by atoms with Gasteiger partial charge in [-0.15, -0.1) is 0 Å². The molecule has 5 unspecified atom stereocenters. The van der Waals surface area contributed by atoms with Crippen molar-refractivity contribution < 1.29 is 15.0 Å². The molecular formula is C12H21NO3. The molecule has 92 valence electrons. The van der Waals surface area contributed by atoms with Gasteiger partial charge in [0.25, 0.3) is 0 Å². The van der Waals surface area contributed by atoms with E-state index in [2.05, 4.69) is 5.32 Å². The lowest BCUT2D eigenvalue weighted by atomic mass is 9.84. The third-order valence-electron chi connectivity index (χ3n) is 4.14. The molecule has 0 heterocycles. The molecule has 0 spiro atoms. The fourth-order valence-corrected chi connectivity index (χ4v) is 3.40. The molecule has 5 atom stereocenters. The predicted molar refractivity (Wildman–Crippen MR) is 60.0 cm³/mol. The lowest BCUT2D eigenvalue weighted by Gasteiger charge is -2.29. The summed E-state index contributed by atoms with van der Waals surface area (Å²) >= 11 is 0. The van der Waals surface area contributed by atoms with Crippen LogP contribution < -0.4 is 5.32 Å². The first-order valence-corrected chi connectivity index (χ1v) is 6.24. The minimum atomic E-state index is -0.651. The average Bonchev–Trinajstić information content (AvgIpc) is 2.76. The molecule has 4 nitrogen and oxygen atoms in total. The molecule has 0 amide bonds. The SMILES string of the molecule is CC(O)CCNC1C2CCC(C2)C1C(=O)O. The minimum absolute atomic E-state index is 0.134. The van der Waals surface area contributed by atoms with Crippen molar-refractivity contribution in [3.63, 3.8) is 0 Å². The molecule has 0 aromatic carbocycles. The van der Waals surface area contributed by atoms with E-state index >= 15 is 0 Å². The summed E-state index contributed by atoms with van der Waals surface area (Å²) in [6.45, 7) is 2.48. The van der Waals surface area contributed by atoms with Crippen LogP contribution in [0.2, 0.25) is 0 Å². The van der Waals surface area contributed by atoms with Crippen molar-refractivity contribution in [3.8, 4) is 0 Å². The summed E-state index contributed by atoms with van der Waals surface area (Å²) in [5.74, 6) is 0.0705. The van der Waals surface area contributed by atoms with Crippen LogP contribution in [0.1, 0.15) is 32.6 Å². The van der Waals surface area contributed by atoms with Crippen molar-refractivity contribution >= 4 is 5.97 Å². The van der Waals surface area contributed by atoms with Gasteiger partial charge >= 0.3 is 5.97 Å². The third kappa shape index (κ3) is 2.23. The van der Waals surface area contributed by atoms with Crippen LogP contribution in [0, 0.1) is 17.8 Å². The topological polar surface area (TPSA) is 69.6 Å². The van der Waals surface area contributed by atoms with Crippen molar-refractivity contribution in [3.05, 3.63) is 0 Å². The van der Waals surface area contributed by atoms with E-state index in [1.165, 1.54) is 6.42 Å². The molecule has 2 fully saturated rings. The van der Waals surface area contributed by atoms with E-state index in [1.54, 1.807) is 6.92 Å². The van der Waals surface area contributed by atoms with Gasteiger partial charge in [0.15, 0.2) is 0 Å². The summed E-state index contributed by atoms with van der Waals surface area (Å²) in [6.07, 6.45) is 3.70. The van der Waals surface area contributed by atoms with E-state index in [-0.39, 0.29) is 18.1 Å². The molecule has 0 saturated heterocycles. The molecule has 2 aliphatic carbocycles. The van der Waals surface area contributed by atoms with Gasteiger partial charge in [-0.2, -0.15) is 0 Å². The van der Waals surface area contributed by atoms with Crippen LogP contribution >= 0.6 is 0 Å². The molecule has 16 heavy (non-hydrogen) atoms. The molecule has 0 aromatic rings. The Labute approximate surface area is 96.0 Å². The van der Waals surface area contributed by atoms with Gasteiger partial charge in [0.2, 0.25) is 0 Å². The molecule has 2 bridgehead atoms. The number of carboxylic acids is 1. The maximum absolute atomic E-state index is 11.2. The van der Waals surface area contributed by atoms with E-state index in [4.69, 9.17) is 0 Å². The van der Waals surface area contributed by atoms with Crippen molar-refractivity contribution in [2.24, 2.45) is 17.8 Å². The van der Waals surface area contributed by atoms with Gasteiger partial charge in [-0.05, 0) is 51.0 Å². The van der Waals surface area contributed by atoms with E-state index < -0.39 is 5.97 Å². The van der Waals surface area contributed by atoms with Crippen LogP contribution in [-0.2, 0) is 4.79 Å². The molecule has 2 rings (SSSR count). The number of carbonyl (C=O) groups is 1. The van der Waals surface area contributed by atoms with Crippen LogP contribution in [0.3, 0.4) is 0 Å². The molecule has 4 heteroatoms. The fraction of sp³-hybridized carbons (Fsp3) is 0.917. The molecule has 2 aliphatic rings. The zero-order chi connectivity index (χ0) is 11.7. The maximum atomic E-state index is 11.2. The lowest BCUT2D eigenvalue weighted by molar-refractivity contribution is -0.144. The van der Waals surface area contributed by atoms with Crippen LogP contribution in [0.25, 0.3) is 0 Å². The predicted octanol–water partition coefficient (Wildman–Crippen LogP) is 0.846. The lowest BCUT2D eigenvalue weighted by Crippen LogP contribution is -2.44. The normalized spacial score (nSPS) is 38.9. The van der Waals surface area contributed by atoms with Gasteiger partial charge in [0.1, 0.15) is 0 Å². The third-order valence-corrected chi connectivity index (χ3v) is 4.14. The first kappa shape index (κ1) is 11.9. The van der Waals surface area contributed by atoms with Crippen molar-refractivity contribution in [2.75, 3.05) is 6.54 Å². The number of aliphatic hydroxyl groups excluding tert-OH is 1. The summed E-state index contributed by atoms with van der Waals surface area (Å²) in [4.78, 5) is 11.2. The van der Waals surface area contributed by atoms with Gasteiger partial charge in [0.05, 0.1) is 12.0 Å². The van der Waals surface area contributed by atoms with Crippen LogP contribution in [-0.4, -0.2) is 34.9 Å². The monoisotopic (exact) mass is 227 g/mol. The summed E-state index contributed by atoms with van der Waals surface area (Å²) in [6, 6.07) is 0.134. The average molecular weight is 227 g/mol. The van der Waals surface area contributed by atoms with Crippen LogP contribution in [0.5, 0.6) is 0 Å². The number of hydrogen-bond donors (Lipinski definition) is 3. The Morgan fingerprint density at radius 2 is 2.12 bits per heavy atom. The zero-order valence-corrected chi connectivity index (χ0v) is 9.72. The highest BCUT2D eigenvalue weighted by Crippen LogP contribution is 2.48. The second-order valence-corrected chi connectivity index (χ2v) is 5.31. The van der Waals surface area contributed by atoms with Crippen LogP contribution in [0.4, 0.5) is 0 Å². The fourth-order valence-electron chi connectivity index (χ4n) is 3.40. The Hall–Kier alpha value is -0.610. The van der Waals surface area contributed by atoms with Gasteiger partial charge in [-0.25, -0.2) is 0 Å². The molecule has 0 aliphatic heterocycles. The van der Waals surface area contributed by atoms with Crippen molar-refractivity contribution in [2.45, 2.75) is 44.8 Å². The Kier molecular flexibility index (Phi) is 3.50. The number of aliphatic hydroxyl groups is 1. The summed E-state index contributed by atoms with van der Waals surface area (Å²) in [5, 5.41) is 21.7. The number of fused-ring (bicyclic) bond motifs is 2. The second kappa shape index (κ2) is 4.72. The first-order chi connectivity index (χ1) is 7.59. The molecule has 3 N–H and O–H groups in total. The van der Waals surface area contributed by atoms with Gasteiger partial charge in [-0.3, -0.25) is 4.79 Å².